The third-order valence-electron chi connectivity index (χ3n) is 3.10. The summed E-state index contributed by atoms with van der Waals surface area (Å²) >= 11 is 7.63. The van der Waals surface area contributed by atoms with Crippen LogP contribution in [-0.4, -0.2) is 47.2 Å². The zero-order valence-corrected chi connectivity index (χ0v) is 13.8. The lowest BCUT2D eigenvalue weighted by atomic mass is 10.4. The molecule has 8 heteroatoms. The van der Waals surface area contributed by atoms with Gasteiger partial charge in [0.1, 0.15) is 5.65 Å². The highest BCUT2D eigenvalue weighted by Crippen LogP contribution is 2.26. The van der Waals surface area contributed by atoms with Crippen LogP contribution in [0.3, 0.4) is 0 Å². The number of thioether (sulfide) groups is 1. The summed E-state index contributed by atoms with van der Waals surface area (Å²) in [6, 6.07) is 5.13. The quantitative estimate of drug-likeness (QED) is 0.843. The Balaban J connectivity index is 2.54. The van der Waals surface area contributed by atoms with Crippen molar-refractivity contribution in [3.8, 4) is 0 Å². The van der Waals surface area contributed by atoms with Gasteiger partial charge in [-0.3, -0.25) is 4.40 Å². The Morgan fingerprint density at radius 3 is 2.85 bits per heavy atom. The van der Waals surface area contributed by atoms with Crippen molar-refractivity contribution in [1.82, 2.24) is 13.7 Å². The highest BCUT2D eigenvalue weighted by molar-refractivity contribution is 7.98. The lowest BCUT2D eigenvalue weighted by Gasteiger charge is -2.23. The van der Waals surface area contributed by atoms with Gasteiger partial charge < -0.3 is 0 Å². The van der Waals surface area contributed by atoms with Gasteiger partial charge >= 0.3 is 0 Å². The third kappa shape index (κ3) is 2.67. The minimum Gasteiger partial charge on any atom is -0.288 e. The van der Waals surface area contributed by atoms with E-state index in [0.717, 1.165) is 0 Å². The predicted octanol–water partition coefficient (Wildman–Crippen LogP) is 2.36. The number of nitrogens with zero attached hydrogens (tertiary/aromatic N) is 3. The molecule has 1 unspecified atom stereocenters. The van der Waals surface area contributed by atoms with Gasteiger partial charge in [0.2, 0.25) is 0 Å². The number of hydrogen-bond acceptors (Lipinski definition) is 4. The number of halogens is 1. The molecular formula is C12H16ClN3O2S2. The normalized spacial score (nSPS) is 14.1. The molecular weight excluding hydrogens is 318 g/mol. The maximum atomic E-state index is 12.7. The van der Waals surface area contributed by atoms with Crippen LogP contribution in [0.25, 0.3) is 5.65 Å². The maximum Gasteiger partial charge on any atom is 0.262 e. The molecule has 0 saturated carbocycles. The van der Waals surface area contributed by atoms with Crippen molar-refractivity contribution in [2.24, 2.45) is 0 Å². The Labute approximate surface area is 128 Å². The monoisotopic (exact) mass is 333 g/mol. The first-order chi connectivity index (χ1) is 9.39. The van der Waals surface area contributed by atoms with E-state index < -0.39 is 10.0 Å². The molecule has 0 aliphatic rings. The van der Waals surface area contributed by atoms with Crippen LogP contribution in [0.15, 0.2) is 29.4 Å². The molecule has 0 aromatic carbocycles. The smallest absolute Gasteiger partial charge is 0.262 e. The molecule has 5 nitrogen and oxygen atoms in total. The van der Waals surface area contributed by atoms with Crippen LogP contribution in [0.1, 0.15) is 6.92 Å². The second-order valence-corrected chi connectivity index (χ2v) is 7.64. The Hall–Kier alpha value is -0.760. The molecule has 2 aromatic heterocycles. The van der Waals surface area contributed by atoms with Crippen LogP contribution in [0.4, 0.5) is 0 Å². The molecule has 0 aliphatic carbocycles. The topological polar surface area (TPSA) is 54.7 Å². The van der Waals surface area contributed by atoms with E-state index in [0.29, 0.717) is 11.4 Å². The standard InChI is InChI=1S/C12H16ClN3O2S2/c1-9(8-19-3)15(2)20(17,18)12-11(13)14-10-6-4-5-7-16(10)12/h4-7,9H,8H2,1-3H3. The number of pyridine rings is 1. The van der Waals surface area contributed by atoms with Crippen LogP contribution in [0.2, 0.25) is 5.15 Å². The van der Waals surface area contributed by atoms with E-state index in [4.69, 9.17) is 11.6 Å². The second-order valence-electron chi connectivity index (χ2n) is 4.46. The van der Waals surface area contributed by atoms with Gasteiger partial charge in [0, 0.05) is 25.0 Å². The van der Waals surface area contributed by atoms with Crippen molar-refractivity contribution < 1.29 is 8.42 Å². The van der Waals surface area contributed by atoms with E-state index in [1.165, 1.54) is 8.71 Å². The van der Waals surface area contributed by atoms with Crippen LogP contribution in [0, 0.1) is 0 Å². The zero-order valence-electron chi connectivity index (χ0n) is 11.4. The number of fused-ring (bicyclic) bond motifs is 1. The largest absolute Gasteiger partial charge is 0.288 e. The first-order valence-electron chi connectivity index (χ1n) is 5.99. The first kappa shape index (κ1) is 15.6. The fourth-order valence-corrected chi connectivity index (χ4v) is 4.65. The summed E-state index contributed by atoms with van der Waals surface area (Å²) in [5.74, 6) is 0.712. The third-order valence-corrected chi connectivity index (χ3v) is 6.29. The number of rotatable bonds is 5. The highest BCUT2D eigenvalue weighted by Gasteiger charge is 2.31. The van der Waals surface area contributed by atoms with Crippen molar-refractivity contribution in [2.75, 3.05) is 19.1 Å². The molecule has 0 spiro atoms. The van der Waals surface area contributed by atoms with Gasteiger partial charge in [-0.25, -0.2) is 13.4 Å². The Morgan fingerprint density at radius 1 is 1.50 bits per heavy atom. The van der Waals surface area contributed by atoms with E-state index in [2.05, 4.69) is 4.98 Å². The highest BCUT2D eigenvalue weighted by atomic mass is 35.5. The molecule has 0 fully saturated rings. The van der Waals surface area contributed by atoms with Crippen molar-refractivity contribution in [2.45, 2.75) is 18.0 Å². The number of sulfonamides is 1. The van der Waals surface area contributed by atoms with Crippen molar-refractivity contribution >= 4 is 39.0 Å². The van der Waals surface area contributed by atoms with Gasteiger partial charge in [0.15, 0.2) is 10.2 Å². The Bertz CT molecular complexity index is 715. The number of imidazole rings is 1. The lowest BCUT2D eigenvalue weighted by Crippen LogP contribution is -2.37. The molecule has 1 atom stereocenters. The van der Waals surface area contributed by atoms with E-state index in [-0.39, 0.29) is 16.2 Å². The average molecular weight is 334 g/mol. The fourth-order valence-electron chi connectivity index (χ4n) is 1.89. The first-order valence-corrected chi connectivity index (χ1v) is 9.20. The van der Waals surface area contributed by atoms with Gasteiger partial charge in [-0.15, -0.1) is 0 Å². The van der Waals surface area contributed by atoms with Crippen LogP contribution in [-0.2, 0) is 10.0 Å². The average Bonchev–Trinajstić information content (AvgIpc) is 2.74. The van der Waals surface area contributed by atoms with Gasteiger partial charge in [0.05, 0.1) is 0 Å². The molecule has 0 radical (unpaired) electrons. The summed E-state index contributed by atoms with van der Waals surface area (Å²) in [6.07, 6.45) is 3.59. The number of aromatic nitrogens is 2. The van der Waals surface area contributed by atoms with E-state index in [1.54, 1.807) is 43.2 Å². The van der Waals surface area contributed by atoms with Gasteiger partial charge in [0.25, 0.3) is 10.0 Å². The molecule has 0 N–H and O–H groups in total. The summed E-state index contributed by atoms with van der Waals surface area (Å²) in [5.41, 5.74) is 0.516. The van der Waals surface area contributed by atoms with Crippen LogP contribution < -0.4 is 0 Å². The van der Waals surface area contributed by atoms with Gasteiger partial charge in [-0.2, -0.15) is 16.1 Å². The van der Waals surface area contributed by atoms with E-state index in [1.807, 2.05) is 13.2 Å². The summed E-state index contributed by atoms with van der Waals surface area (Å²) in [6.45, 7) is 1.87. The van der Waals surface area contributed by atoms with Crippen molar-refractivity contribution in [3.63, 3.8) is 0 Å². The molecule has 0 saturated heterocycles. The SMILES string of the molecule is CSCC(C)N(C)S(=O)(=O)c1c(Cl)nc2ccccn12. The summed E-state index contributed by atoms with van der Waals surface area (Å²) < 4.78 is 28.3. The predicted molar refractivity (Wildman–Crippen MR) is 83.0 cm³/mol. The molecule has 2 rings (SSSR count). The summed E-state index contributed by atoms with van der Waals surface area (Å²) in [5, 5.41) is 0.0182. The molecule has 2 heterocycles. The molecule has 0 aliphatic heterocycles. The summed E-state index contributed by atoms with van der Waals surface area (Å²) in [7, 11) is -2.12. The van der Waals surface area contributed by atoms with Gasteiger partial charge in [-0.1, -0.05) is 17.7 Å². The molecule has 110 valence electrons. The van der Waals surface area contributed by atoms with Gasteiger partial charge in [-0.05, 0) is 25.3 Å². The number of hydrogen-bond donors (Lipinski definition) is 0. The minimum absolute atomic E-state index is 0.000554. The fraction of sp³-hybridized carbons (Fsp3) is 0.417. The minimum atomic E-state index is -3.69. The van der Waals surface area contributed by atoms with E-state index >= 15 is 0 Å². The second kappa shape index (κ2) is 5.93. The van der Waals surface area contributed by atoms with Crippen molar-refractivity contribution in [3.05, 3.63) is 29.5 Å². The van der Waals surface area contributed by atoms with E-state index in [9.17, 15) is 8.42 Å². The van der Waals surface area contributed by atoms with Crippen LogP contribution >= 0.6 is 23.4 Å². The van der Waals surface area contributed by atoms with Crippen LogP contribution in [0.5, 0.6) is 0 Å². The summed E-state index contributed by atoms with van der Waals surface area (Å²) in [4.78, 5) is 4.08. The zero-order chi connectivity index (χ0) is 14.9. The molecule has 20 heavy (non-hydrogen) atoms. The molecule has 0 amide bonds. The maximum absolute atomic E-state index is 12.7. The Morgan fingerprint density at radius 2 is 2.20 bits per heavy atom. The Kier molecular flexibility index (Phi) is 4.63. The van der Waals surface area contributed by atoms with Crippen molar-refractivity contribution in [1.29, 1.82) is 0 Å². The molecule has 0 bridgehead atoms. The molecule has 2 aromatic rings. The lowest BCUT2D eigenvalue weighted by molar-refractivity contribution is 0.412.